The van der Waals surface area contributed by atoms with Gasteiger partial charge in [-0.3, -0.25) is 0 Å². The molecule has 0 amide bonds. The van der Waals surface area contributed by atoms with E-state index in [-0.39, 0.29) is 31.1 Å². The fourth-order valence-corrected chi connectivity index (χ4v) is 1.11. The van der Waals surface area contributed by atoms with Crippen LogP contribution in [0.3, 0.4) is 0 Å². The lowest BCUT2D eigenvalue weighted by Crippen LogP contribution is -2.32. The van der Waals surface area contributed by atoms with Crippen LogP contribution in [-0.2, 0) is 4.74 Å². The number of aromatic hydroxyl groups is 1. The first kappa shape index (κ1) is 13.5. The van der Waals surface area contributed by atoms with Crippen LogP contribution in [0, 0.1) is 5.41 Å². The van der Waals surface area contributed by atoms with Gasteiger partial charge in [-0.1, -0.05) is 19.1 Å². The number of carbonyl (C=O) groups is 1. The van der Waals surface area contributed by atoms with Gasteiger partial charge in [0.1, 0.15) is 17.9 Å². The Hall–Kier alpha value is -1.59. The van der Waals surface area contributed by atoms with Crippen molar-refractivity contribution in [2.45, 2.75) is 6.92 Å². The molecule has 0 aliphatic heterocycles. The van der Waals surface area contributed by atoms with E-state index >= 15 is 0 Å². The summed E-state index contributed by atoms with van der Waals surface area (Å²) in [5, 5.41) is 27.5. The highest BCUT2D eigenvalue weighted by molar-refractivity contribution is 5.92. The van der Waals surface area contributed by atoms with E-state index < -0.39 is 11.4 Å². The Kier molecular flexibility index (Phi) is 4.48. The van der Waals surface area contributed by atoms with Crippen molar-refractivity contribution in [2.24, 2.45) is 5.41 Å². The summed E-state index contributed by atoms with van der Waals surface area (Å²) in [5.74, 6) is -0.844. The van der Waals surface area contributed by atoms with Crippen molar-refractivity contribution in [1.82, 2.24) is 0 Å². The number of phenolic OH excluding ortho intramolecular Hbond substituents is 1. The number of para-hydroxylation sites is 1. The predicted octanol–water partition coefficient (Wildman–Crippen LogP) is 0.540. The maximum atomic E-state index is 11.6. The molecule has 0 fully saturated rings. The number of ether oxygens (including phenoxy) is 1. The third-order valence-electron chi connectivity index (χ3n) is 2.44. The van der Waals surface area contributed by atoms with Gasteiger partial charge in [0.25, 0.3) is 0 Å². The number of hydrogen-bond acceptors (Lipinski definition) is 5. The second-order valence-corrected chi connectivity index (χ2v) is 4.22. The average Bonchev–Trinajstić information content (AvgIpc) is 2.36. The van der Waals surface area contributed by atoms with Crippen molar-refractivity contribution >= 4 is 5.97 Å². The Morgan fingerprint density at radius 2 is 1.88 bits per heavy atom. The van der Waals surface area contributed by atoms with Crippen molar-refractivity contribution in [3.8, 4) is 5.75 Å². The maximum Gasteiger partial charge on any atom is 0.341 e. The third kappa shape index (κ3) is 3.44. The Balaban J connectivity index is 2.65. The van der Waals surface area contributed by atoms with Crippen LogP contribution in [0.1, 0.15) is 17.3 Å². The minimum absolute atomic E-state index is 0.0609. The normalized spacial score (nSPS) is 11.2. The highest BCUT2D eigenvalue weighted by atomic mass is 16.5. The number of hydrogen-bond donors (Lipinski definition) is 3. The molecule has 94 valence electrons. The SMILES string of the molecule is CC(CO)(CO)COC(=O)c1ccccc1O. The van der Waals surface area contributed by atoms with E-state index in [4.69, 9.17) is 14.9 Å². The number of carbonyl (C=O) groups excluding carboxylic acids is 1. The van der Waals surface area contributed by atoms with Crippen LogP contribution in [0.2, 0.25) is 0 Å². The van der Waals surface area contributed by atoms with Crippen LogP contribution < -0.4 is 0 Å². The molecule has 1 aromatic rings. The Bertz CT molecular complexity index is 384. The van der Waals surface area contributed by atoms with Crippen LogP contribution >= 0.6 is 0 Å². The van der Waals surface area contributed by atoms with E-state index in [9.17, 15) is 9.90 Å². The van der Waals surface area contributed by atoms with E-state index in [0.717, 1.165) is 0 Å². The summed E-state index contributed by atoms with van der Waals surface area (Å²) < 4.78 is 4.94. The highest BCUT2D eigenvalue weighted by Gasteiger charge is 2.25. The maximum absolute atomic E-state index is 11.6. The fourth-order valence-electron chi connectivity index (χ4n) is 1.11. The number of aliphatic hydroxyl groups is 2. The molecule has 0 unspecified atom stereocenters. The summed E-state index contributed by atoms with van der Waals surface area (Å²) in [6.45, 7) is 0.882. The number of aliphatic hydroxyl groups excluding tert-OH is 2. The minimum atomic E-state index is -0.875. The molecule has 0 aliphatic carbocycles. The zero-order valence-electron chi connectivity index (χ0n) is 9.59. The van der Waals surface area contributed by atoms with Crippen molar-refractivity contribution in [3.63, 3.8) is 0 Å². The lowest BCUT2D eigenvalue weighted by Gasteiger charge is -2.23. The molecule has 0 atom stereocenters. The molecule has 1 rings (SSSR count). The zero-order valence-corrected chi connectivity index (χ0v) is 9.59. The summed E-state index contributed by atoms with van der Waals surface area (Å²) in [5.41, 5.74) is -0.814. The van der Waals surface area contributed by atoms with Crippen molar-refractivity contribution in [1.29, 1.82) is 0 Å². The first-order chi connectivity index (χ1) is 8.02. The van der Waals surface area contributed by atoms with E-state index in [1.807, 2.05) is 0 Å². The van der Waals surface area contributed by atoms with Gasteiger partial charge < -0.3 is 20.1 Å². The van der Waals surface area contributed by atoms with E-state index in [1.165, 1.54) is 12.1 Å². The number of rotatable bonds is 5. The molecular formula is C12H16O5. The van der Waals surface area contributed by atoms with Gasteiger partial charge in [0.2, 0.25) is 0 Å². The topological polar surface area (TPSA) is 87.0 Å². The quantitative estimate of drug-likeness (QED) is 0.654. The second kappa shape index (κ2) is 5.65. The Morgan fingerprint density at radius 3 is 2.41 bits per heavy atom. The van der Waals surface area contributed by atoms with Crippen LogP contribution in [0.4, 0.5) is 0 Å². The smallest absolute Gasteiger partial charge is 0.341 e. The van der Waals surface area contributed by atoms with Gasteiger partial charge in [-0.2, -0.15) is 0 Å². The average molecular weight is 240 g/mol. The van der Waals surface area contributed by atoms with E-state index in [1.54, 1.807) is 19.1 Å². The number of esters is 1. The largest absolute Gasteiger partial charge is 0.507 e. The van der Waals surface area contributed by atoms with Gasteiger partial charge in [-0.15, -0.1) is 0 Å². The molecule has 5 nitrogen and oxygen atoms in total. The summed E-state index contributed by atoms with van der Waals surface area (Å²) in [6.07, 6.45) is 0. The second-order valence-electron chi connectivity index (χ2n) is 4.22. The fraction of sp³-hybridized carbons (Fsp3) is 0.417. The number of phenols is 1. The third-order valence-corrected chi connectivity index (χ3v) is 2.44. The molecule has 0 heterocycles. The molecule has 0 aliphatic rings. The van der Waals surface area contributed by atoms with Crippen molar-refractivity contribution < 1.29 is 24.9 Å². The first-order valence-corrected chi connectivity index (χ1v) is 5.19. The molecule has 17 heavy (non-hydrogen) atoms. The van der Waals surface area contributed by atoms with Crippen molar-refractivity contribution in [3.05, 3.63) is 29.8 Å². The molecule has 1 aromatic carbocycles. The van der Waals surface area contributed by atoms with Crippen LogP contribution in [0.15, 0.2) is 24.3 Å². The molecule has 3 N–H and O–H groups in total. The first-order valence-electron chi connectivity index (χ1n) is 5.19. The lowest BCUT2D eigenvalue weighted by atomic mass is 9.94. The molecule has 0 bridgehead atoms. The van der Waals surface area contributed by atoms with Crippen LogP contribution in [0.25, 0.3) is 0 Å². The summed E-state index contributed by atoms with van der Waals surface area (Å²) in [4.78, 5) is 11.6. The summed E-state index contributed by atoms with van der Waals surface area (Å²) in [6, 6.07) is 6.02. The van der Waals surface area contributed by atoms with Crippen LogP contribution in [0.5, 0.6) is 5.75 Å². The minimum Gasteiger partial charge on any atom is -0.507 e. The Morgan fingerprint density at radius 1 is 1.29 bits per heavy atom. The predicted molar refractivity (Wildman–Crippen MR) is 60.7 cm³/mol. The molecule has 0 spiro atoms. The molecular weight excluding hydrogens is 224 g/mol. The highest BCUT2D eigenvalue weighted by Crippen LogP contribution is 2.19. The monoisotopic (exact) mass is 240 g/mol. The van der Waals surface area contributed by atoms with Gasteiger partial charge in [-0.25, -0.2) is 4.79 Å². The van der Waals surface area contributed by atoms with Gasteiger partial charge in [0.05, 0.1) is 13.2 Å². The van der Waals surface area contributed by atoms with Gasteiger partial charge in [-0.05, 0) is 12.1 Å². The molecule has 0 saturated carbocycles. The molecule has 0 radical (unpaired) electrons. The molecule has 0 aromatic heterocycles. The van der Waals surface area contributed by atoms with E-state index in [2.05, 4.69) is 0 Å². The van der Waals surface area contributed by atoms with E-state index in [0.29, 0.717) is 0 Å². The summed E-state index contributed by atoms with van der Waals surface area (Å²) >= 11 is 0. The van der Waals surface area contributed by atoms with Gasteiger partial charge >= 0.3 is 5.97 Å². The van der Waals surface area contributed by atoms with Crippen LogP contribution in [-0.4, -0.2) is 41.1 Å². The summed E-state index contributed by atoms with van der Waals surface area (Å²) in [7, 11) is 0. The van der Waals surface area contributed by atoms with Crippen molar-refractivity contribution in [2.75, 3.05) is 19.8 Å². The lowest BCUT2D eigenvalue weighted by molar-refractivity contribution is -0.00642. The standard InChI is InChI=1S/C12H16O5/c1-12(6-13,7-14)8-17-11(16)9-4-2-3-5-10(9)15/h2-5,13-15H,6-8H2,1H3. The zero-order chi connectivity index (χ0) is 12.9. The molecule has 0 saturated heterocycles. The Labute approximate surface area is 99.3 Å². The van der Waals surface area contributed by atoms with Gasteiger partial charge in [0, 0.05) is 5.41 Å². The molecule has 5 heteroatoms. The number of benzene rings is 1. The van der Waals surface area contributed by atoms with Gasteiger partial charge in [0.15, 0.2) is 0 Å².